The van der Waals surface area contributed by atoms with Crippen LogP contribution in [0.4, 0.5) is 11.4 Å². The van der Waals surface area contributed by atoms with Gasteiger partial charge in [-0.2, -0.15) is 0 Å². The van der Waals surface area contributed by atoms with Gasteiger partial charge in [-0.15, -0.1) is 0 Å². The van der Waals surface area contributed by atoms with E-state index in [1.165, 1.54) is 0 Å². The summed E-state index contributed by atoms with van der Waals surface area (Å²) in [5.41, 5.74) is 13.1. The van der Waals surface area contributed by atoms with Gasteiger partial charge in [0.25, 0.3) is 0 Å². The normalized spacial score (nSPS) is 10.6. The molecule has 26 heavy (non-hydrogen) atoms. The first-order valence-corrected chi connectivity index (χ1v) is 8.27. The van der Waals surface area contributed by atoms with E-state index in [0.717, 1.165) is 10.8 Å². The van der Waals surface area contributed by atoms with Crippen molar-refractivity contribution in [2.24, 2.45) is 0 Å². The second-order valence-corrected chi connectivity index (χ2v) is 5.95. The first kappa shape index (κ1) is 15.8. The van der Waals surface area contributed by atoms with Crippen LogP contribution in [0.5, 0.6) is 23.0 Å². The molecule has 4 nitrogen and oxygen atoms in total. The molecule has 4 heteroatoms. The summed E-state index contributed by atoms with van der Waals surface area (Å²) in [4.78, 5) is 0. The number of nitrogens with two attached hydrogens (primary N) is 2. The summed E-state index contributed by atoms with van der Waals surface area (Å²) >= 11 is 0. The second-order valence-electron chi connectivity index (χ2n) is 5.95. The minimum atomic E-state index is 0.601. The molecule has 4 aromatic carbocycles. The fraction of sp³-hybridized carbons (Fsp3) is 0. The minimum Gasteiger partial charge on any atom is -0.455 e. The van der Waals surface area contributed by atoms with E-state index in [2.05, 4.69) is 0 Å². The largest absolute Gasteiger partial charge is 0.455 e. The Bertz CT molecular complexity index is 994. The SMILES string of the molecule is Nc1ccccc1Oc1ccc2ccc(Oc3ccccc3N)cc2c1. The Hall–Kier alpha value is -3.66. The van der Waals surface area contributed by atoms with E-state index in [1.807, 2.05) is 84.9 Å². The Morgan fingerprint density at radius 1 is 0.500 bits per heavy atom. The standard InChI is InChI=1S/C22H18N2O2/c23-19-5-1-3-7-21(19)25-17-11-9-15-10-12-18(14-16(15)13-17)26-22-8-4-2-6-20(22)24/h1-14H,23-24H2. The van der Waals surface area contributed by atoms with E-state index in [0.29, 0.717) is 34.4 Å². The zero-order chi connectivity index (χ0) is 17.9. The van der Waals surface area contributed by atoms with Crippen LogP contribution >= 0.6 is 0 Å². The van der Waals surface area contributed by atoms with Gasteiger partial charge >= 0.3 is 0 Å². The molecule has 0 fully saturated rings. The molecule has 128 valence electrons. The highest BCUT2D eigenvalue weighted by Crippen LogP contribution is 2.32. The number of ether oxygens (including phenoxy) is 2. The van der Waals surface area contributed by atoms with Crippen molar-refractivity contribution in [3.63, 3.8) is 0 Å². The molecule has 0 saturated carbocycles. The molecule has 0 aliphatic heterocycles. The maximum absolute atomic E-state index is 5.95. The number of nitrogen functional groups attached to an aromatic ring is 2. The molecule has 0 bridgehead atoms. The van der Waals surface area contributed by atoms with Gasteiger partial charge in [0, 0.05) is 0 Å². The topological polar surface area (TPSA) is 70.5 Å². The van der Waals surface area contributed by atoms with Gasteiger partial charge in [0.2, 0.25) is 0 Å². The van der Waals surface area contributed by atoms with Crippen molar-refractivity contribution in [1.82, 2.24) is 0 Å². The fourth-order valence-electron chi connectivity index (χ4n) is 2.73. The fourth-order valence-corrected chi connectivity index (χ4v) is 2.73. The third-order valence-corrected chi connectivity index (χ3v) is 4.08. The first-order chi connectivity index (χ1) is 12.7. The van der Waals surface area contributed by atoms with Crippen LogP contribution in [0, 0.1) is 0 Å². The van der Waals surface area contributed by atoms with Gasteiger partial charge in [0.15, 0.2) is 0 Å². The number of anilines is 2. The summed E-state index contributed by atoms with van der Waals surface area (Å²) in [6, 6.07) is 26.6. The number of para-hydroxylation sites is 4. The van der Waals surface area contributed by atoms with E-state index in [4.69, 9.17) is 20.9 Å². The van der Waals surface area contributed by atoms with E-state index in [9.17, 15) is 0 Å². The molecule has 4 aromatic rings. The Labute approximate surface area is 151 Å². The van der Waals surface area contributed by atoms with Crippen molar-refractivity contribution < 1.29 is 9.47 Å². The summed E-state index contributed by atoms with van der Waals surface area (Å²) in [5.74, 6) is 2.70. The monoisotopic (exact) mass is 342 g/mol. The lowest BCUT2D eigenvalue weighted by atomic mass is 10.1. The van der Waals surface area contributed by atoms with Gasteiger partial charge in [-0.05, 0) is 59.3 Å². The molecule has 4 rings (SSSR count). The summed E-state index contributed by atoms with van der Waals surface area (Å²) in [6.45, 7) is 0. The highest BCUT2D eigenvalue weighted by Gasteiger charge is 2.05. The predicted molar refractivity (Wildman–Crippen MR) is 106 cm³/mol. The Morgan fingerprint density at radius 2 is 0.962 bits per heavy atom. The highest BCUT2D eigenvalue weighted by atomic mass is 16.5. The molecule has 0 heterocycles. The number of benzene rings is 4. The van der Waals surface area contributed by atoms with E-state index in [-0.39, 0.29) is 0 Å². The lowest BCUT2D eigenvalue weighted by molar-refractivity contribution is 0.484. The summed E-state index contributed by atoms with van der Waals surface area (Å²) in [7, 11) is 0. The Balaban J connectivity index is 1.64. The van der Waals surface area contributed by atoms with Gasteiger partial charge in [-0.25, -0.2) is 0 Å². The van der Waals surface area contributed by atoms with Gasteiger partial charge in [-0.3, -0.25) is 0 Å². The van der Waals surface area contributed by atoms with Crippen LogP contribution in [0.25, 0.3) is 10.8 Å². The lowest BCUT2D eigenvalue weighted by Gasteiger charge is -2.11. The van der Waals surface area contributed by atoms with Gasteiger partial charge in [-0.1, -0.05) is 36.4 Å². The number of hydrogen-bond donors (Lipinski definition) is 2. The molecule has 0 aromatic heterocycles. The summed E-state index contributed by atoms with van der Waals surface area (Å²) < 4.78 is 11.8. The quantitative estimate of drug-likeness (QED) is 0.474. The van der Waals surface area contributed by atoms with Crippen molar-refractivity contribution in [2.45, 2.75) is 0 Å². The molecule has 0 radical (unpaired) electrons. The molecular formula is C22H18N2O2. The van der Waals surface area contributed by atoms with Crippen molar-refractivity contribution in [2.75, 3.05) is 11.5 Å². The van der Waals surface area contributed by atoms with Crippen molar-refractivity contribution in [1.29, 1.82) is 0 Å². The van der Waals surface area contributed by atoms with Crippen LogP contribution in [-0.2, 0) is 0 Å². The minimum absolute atomic E-state index is 0.601. The smallest absolute Gasteiger partial charge is 0.150 e. The van der Waals surface area contributed by atoms with Crippen molar-refractivity contribution in [3.05, 3.63) is 84.9 Å². The van der Waals surface area contributed by atoms with Gasteiger partial charge in [0.1, 0.15) is 23.0 Å². The molecule has 0 atom stereocenters. The summed E-state index contributed by atoms with van der Waals surface area (Å²) in [5, 5.41) is 2.09. The molecule has 4 N–H and O–H groups in total. The van der Waals surface area contributed by atoms with E-state index >= 15 is 0 Å². The highest BCUT2D eigenvalue weighted by molar-refractivity contribution is 5.85. The zero-order valence-corrected chi connectivity index (χ0v) is 14.1. The number of rotatable bonds is 4. The van der Waals surface area contributed by atoms with Crippen LogP contribution in [0.15, 0.2) is 84.9 Å². The maximum Gasteiger partial charge on any atom is 0.150 e. The van der Waals surface area contributed by atoms with Crippen molar-refractivity contribution >= 4 is 22.1 Å². The molecular weight excluding hydrogens is 324 g/mol. The lowest BCUT2D eigenvalue weighted by Crippen LogP contribution is -1.92. The molecule has 0 aliphatic carbocycles. The van der Waals surface area contributed by atoms with Crippen LogP contribution in [0.3, 0.4) is 0 Å². The maximum atomic E-state index is 5.95. The van der Waals surface area contributed by atoms with Crippen LogP contribution in [0.2, 0.25) is 0 Å². The molecule has 0 spiro atoms. The number of hydrogen-bond acceptors (Lipinski definition) is 4. The Morgan fingerprint density at radius 3 is 1.42 bits per heavy atom. The second kappa shape index (κ2) is 6.69. The predicted octanol–water partition coefficient (Wildman–Crippen LogP) is 5.59. The van der Waals surface area contributed by atoms with Crippen molar-refractivity contribution in [3.8, 4) is 23.0 Å². The average molecular weight is 342 g/mol. The molecule has 0 aliphatic rings. The van der Waals surface area contributed by atoms with Crippen LogP contribution in [-0.4, -0.2) is 0 Å². The van der Waals surface area contributed by atoms with E-state index < -0.39 is 0 Å². The molecule has 0 amide bonds. The van der Waals surface area contributed by atoms with E-state index in [1.54, 1.807) is 0 Å². The average Bonchev–Trinajstić information content (AvgIpc) is 2.65. The number of fused-ring (bicyclic) bond motifs is 1. The van der Waals surface area contributed by atoms with Gasteiger partial charge < -0.3 is 20.9 Å². The third kappa shape index (κ3) is 3.26. The third-order valence-electron chi connectivity index (χ3n) is 4.08. The summed E-state index contributed by atoms with van der Waals surface area (Å²) in [6.07, 6.45) is 0. The molecule has 0 unspecified atom stereocenters. The van der Waals surface area contributed by atoms with Gasteiger partial charge in [0.05, 0.1) is 11.4 Å². The first-order valence-electron chi connectivity index (χ1n) is 8.27. The van der Waals surface area contributed by atoms with Crippen LogP contribution in [0.1, 0.15) is 0 Å². The Kier molecular flexibility index (Phi) is 4.07. The van der Waals surface area contributed by atoms with Crippen LogP contribution < -0.4 is 20.9 Å². The molecule has 0 saturated heterocycles. The zero-order valence-electron chi connectivity index (χ0n) is 14.1.